The van der Waals surface area contributed by atoms with Gasteiger partial charge in [0.05, 0.1) is 17.0 Å². The maximum absolute atomic E-state index is 13.0. The Hall–Kier alpha value is -1.97. The Bertz CT molecular complexity index is 839. The van der Waals surface area contributed by atoms with Gasteiger partial charge in [0.15, 0.2) is 0 Å². The highest BCUT2D eigenvalue weighted by atomic mass is 32.2. The van der Waals surface area contributed by atoms with E-state index in [1.54, 1.807) is 12.1 Å². The summed E-state index contributed by atoms with van der Waals surface area (Å²) in [5.74, 6) is -0.642. The van der Waals surface area contributed by atoms with Crippen LogP contribution in [-0.4, -0.2) is 60.9 Å². The lowest BCUT2D eigenvalue weighted by Crippen LogP contribution is -2.49. The summed E-state index contributed by atoms with van der Waals surface area (Å²) in [6.07, 6.45) is -0.704. The van der Waals surface area contributed by atoms with Crippen molar-refractivity contribution in [3.05, 3.63) is 29.3 Å². The minimum absolute atomic E-state index is 0.0317. The first kappa shape index (κ1) is 18.8. The largest absolute Gasteiger partial charge is 0.392 e. The van der Waals surface area contributed by atoms with E-state index in [2.05, 4.69) is 10.6 Å². The van der Waals surface area contributed by atoms with Crippen molar-refractivity contribution >= 4 is 21.8 Å². The quantitative estimate of drug-likeness (QED) is 0.646. The average Bonchev–Trinajstić information content (AvgIpc) is 3.16. The van der Waals surface area contributed by atoms with Crippen LogP contribution in [0.25, 0.3) is 0 Å². The van der Waals surface area contributed by atoms with Crippen LogP contribution in [0.3, 0.4) is 0 Å². The highest BCUT2D eigenvalue weighted by Gasteiger charge is 2.44. The molecule has 0 aliphatic carbocycles. The zero-order valence-corrected chi connectivity index (χ0v) is 15.5. The summed E-state index contributed by atoms with van der Waals surface area (Å²) >= 11 is 0. The monoisotopic (exact) mass is 381 g/mol. The Morgan fingerprint density at radius 1 is 1.31 bits per heavy atom. The number of aryl methyl sites for hydroxylation is 2. The summed E-state index contributed by atoms with van der Waals surface area (Å²) in [4.78, 5) is 24.0. The molecule has 3 atom stereocenters. The molecule has 0 radical (unpaired) electrons. The second-order valence-electron chi connectivity index (χ2n) is 6.94. The van der Waals surface area contributed by atoms with Gasteiger partial charge < -0.3 is 15.7 Å². The summed E-state index contributed by atoms with van der Waals surface area (Å²) in [7, 11) is -3.92. The molecular weight excluding hydrogens is 358 g/mol. The van der Waals surface area contributed by atoms with E-state index in [9.17, 15) is 23.1 Å². The second-order valence-corrected chi connectivity index (χ2v) is 8.83. The number of amides is 2. The highest BCUT2D eigenvalue weighted by Crippen LogP contribution is 2.27. The molecule has 2 heterocycles. The molecule has 0 saturated carbocycles. The number of hydrogen-bond acceptors (Lipinski definition) is 5. The van der Waals surface area contributed by atoms with E-state index in [0.717, 1.165) is 15.4 Å². The first-order chi connectivity index (χ1) is 12.2. The van der Waals surface area contributed by atoms with Crippen molar-refractivity contribution in [1.82, 2.24) is 14.9 Å². The number of nitrogens with one attached hydrogen (secondary N) is 2. The van der Waals surface area contributed by atoms with E-state index in [-0.39, 0.29) is 36.2 Å². The van der Waals surface area contributed by atoms with Crippen molar-refractivity contribution in [3.63, 3.8) is 0 Å². The van der Waals surface area contributed by atoms with Gasteiger partial charge in [-0.25, -0.2) is 8.42 Å². The van der Waals surface area contributed by atoms with Gasteiger partial charge in [-0.05, 0) is 37.1 Å². The van der Waals surface area contributed by atoms with Gasteiger partial charge in [0.2, 0.25) is 21.8 Å². The first-order valence-electron chi connectivity index (χ1n) is 8.52. The van der Waals surface area contributed by atoms with E-state index >= 15 is 0 Å². The Morgan fingerprint density at radius 2 is 2.04 bits per heavy atom. The molecule has 2 unspecified atom stereocenters. The van der Waals surface area contributed by atoms with Crippen molar-refractivity contribution < 1.29 is 23.1 Å². The van der Waals surface area contributed by atoms with Crippen molar-refractivity contribution in [2.24, 2.45) is 0 Å². The molecule has 1 aromatic carbocycles. The molecule has 26 heavy (non-hydrogen) atoms. The number of aliphatic hydroxyl groups excluding tert-OH is 1. The van der Waals surface area contributed by atoms with Crippen LogP contribution in [0, 0.1) is 13.8 Å². The predicted molar refractivity (Wildman–Crippen MR) is 93.8 cm³/mol. The molecule has 2 fully saturated rings. The van der Waals surface area contributed by atoms with Gasteiger partial charge in [-0.2, -0.15) is 4.31 Å². The highest BCUT2D eigenvalue weighted by molar-refractivity contribution is 7.89. The van der Waals surface area contributed by atoms with Crippen LogP contribution in [-0.2, 0) is 19.6 Å². The molecule has 2 amide bonds. The van der Waals surface area contributed by atoms with Gasteiger partial charge in [0.25, 0.3) is 0 Å². The van der Waals surface area contributed by atoms with Crippen molar-refractivity contribution in [2.45, 2.75) is 49.8 Å². The fraction of sp³-hybridized carbons (Fsp3) is 0.529. The fourth-order valence-electron chi connectivity index (χ4n) is 3.30. The number of sulfonamides is 1. The van der Waals surface area contributed by atoms with E-state index in [1.165, 1.54) is 6.07 Å². The number of carbonyl (C=O) groups is 2. The van der Waals surface area contributed by atoms with E-state index < -0.39 is 28.1 Å². The normalized spacial score (nSPS) is 26.7. The van der Waals surface area contributed by atoms with Gasteiger partial charge in [-0.1, -0.05) is 6.07 Å². The minimum atomic E-state index is -3.92. The SMILES string of the molecule is Cc1ccc(S(=O)(=O)N2CC(O)C[C@H]2C(=O)NC2CNC(=O)C2)cc1C. The molecule has 2 aliphatic heterocycles. The van der Waals surface area contributed by atoms with Gasteiger partial charge in [0, 0.05) is 25.9 Å². The number of benzene rings is 1. The number of aliphatic hydroxyl groups is 1. The minimum Gasteiger partial charge on any atom is -0.392 e. The molecule has 142 valence electrons. The summed E-state index contributed by atoms with van der Waals surface area (Å²) in [6.45, 7) is 3.90. The molecule has 3 rings (SSSR count). The Balaban J connectivity index is 1.83. The summed E-state index contributed by atoms with van der Waals surface area (Å²) < 4.78 is 27.1. The van der Waals surface area contributed by atoms with Crippen LogP contribution in [0.2, 0.25) is 0 Å². The van der Waals surface area contributed by atoms with Gasteiger partial charge in [-0.15, -0.1) is 0 Å². The molecular formula is C17H23N3O5S. The van der Waals surface area contributed by atoms with Crippen LogP contribution in [0.15, 0.2) is 23.1 Å². The molecule has 2 aliphatic rings. The van der Waals surface area contributed by atoms with Crippen molar-refractivity contribution in [2.75, 3.05) is 13.1 Å². The van der Waals surface area contributed by atoms with Crippen LogP contribution in [0.5, 0.6) is 0 Å². The number of β-amino-alcohol motifs (C(OH)–C–C–N with tert-alkyl or cyclic N) is 1. The van der Waals surface area contributed by atoms with Crippen molar-refractivity contribution in [3.8, 4) is 0 Å². The van der Waals surface area contributed by atoms with Crippen molar-refractivity contribution in [1.29, 1.82) is 0 Å². The Kier molecular flexibility index (Phi) is 5.05. The zero-order valence-electron chi connectivity index (χ0n) is 14.7. The molecule has 2 saturated heterocycles. The standard InChI is InChI=1S/C17H23N3O5S/c1-10-3-4-14(5-11(10)2)26(24,25)20-9-13(21)7-15(20)17(23)19-12-6-16(22)18-8-12/h3-5,12-13,15,21H,6-9H2,1-2H3,(H,18,22)(H,19,23)/t12?,13?,15-/m0/s1. The number of carbonyl (C=O) groups excluding carboxylic acids is 2. The third-order valence-corrected chi connectivity index (χ3v) is 6.82. The fourth-order valence-corrected chi connectivity index (χ4v) is 5.02. The van der Waals surface area contributed by atoms with Crippen LogP contribution < -0.4 is 10.6 Å². The number of rotatable bonds is 4. The summed E-state index contributed by atoms with van der Waals surface area (Å²) in [6, 6.07) is 3.45. The molecule has 0 spiro atoms. The smallest absolute Gasteiger partial charge is 0.243 e. The maximum Gasteiger partial charge on any atom is 0.243 e. The number of hydrogen-bond donors (Lipinski definition) is 3. The molecule has 3 N–H and O–H groups in total. The molecule has 0 bridgehead atoms. The molecule has 8 nitrogen and oxygen atoms in total. The molecule has 1 aromatic rings. The Labute approximate surface area is 152 Å². The lowest BCUT2D eigenvalue weighted by Gasteiger charge is -2.24. The van der Waals surface area contributed by atoms with Crippen LogP contribution in [0.1, 0.15) is 24.0 Å². The second kappa shape index (κ2) is 6.98. The van der Waals surface area contributed by atoms with E-state index in [1.807, 2.05) is 13.8 Å². The van der Waals surface area contributed by atoms with Crippen LogP contribution in [0.4, 0.5) is 0 Å². The first-order valence-corrected chi connectivity index (χ1v) is 9.96. The van der Waals surface area contributed by atoms with Gasteiger partial charge in [0.1, 0.15) is 6.04 Å². The Morgan fingerprint density at radius 3 is 2.65 bits per heavy atom. The average molecular weight is 381 g/mol. The lowest BCUT2D eigenvalue weighted by molar-refractivity contribution is -0.124. The van der Waals surface area contributed by atoms with E-state index in [0.29, 0.717) is 6.54 Å². The maximum atomic E-state index is 13.0. The lowest BCUT2D eigenvalue weighted by atomic mass is 10.1. The summed E-state index contributed by atoms with van der Waals surface area (Å²) in [5.41, 5.74) is 1.81. The molecule has 9 heteroatoms. The summed E-state index contributed by atoms with van der Waals surface area (Å²) in [5, 5.41) is 15.3. The van der Waals surface area contributed by atoms with E-state index in [4.69, 9.17) is 0 Å². The third kappa shape index (κ3) is 3.60. The number of nitrogens with zero attached hydrogens (tertiary/aromatic N) is 1. The topological polar surface area (TPSA) is 116 Å². The molecule has 0 aromatic heterocycles. The van der Waals surface area contributed by atoms with Gasteiger partial charge >= 0.3 is 0 Å². The van der Waals surface area contributed by atoms with Crippen LogP contribution >= 0.6 is 0 Å². The van der Waals surface area contributed by atoms with Gasteiger partial charge in [-0.3, -0.25) is 9.59 Å². The third-order valence-electron chi connectivity index (χ3n) is 4.95. The zero-order chi connectivity index (χ0) is 19.1. The predicted octanol–water partition coefficient (Wildman–Crippen LogP) is -0.568.